The van der Waals surface area contributed by atoms with Gasteiger partial charge in [0.15, 0.2) is 5.16 Å². The quantitative estimate of drug-likeness (QED) is 0.282. The average molecular weight is 489 g/mol. The van der Waals surface area contributed by atoms with Crippen molar-refractivity contribution in [2.75, 3.05) is 19.5 Å². The maximum Gasteiger partial charge on any atom is 0.239 e. The summed E-state index contributed by atoms with van der Waals surface area (Å²) in [6.07, 6.45) is 2.37. The zero-order valence-corrected chi connectivity index (χ0v) is 21.0. The molecule has 0 aliphatic rings. The normalized spacial score (nSPS) is 11.7. The van der Waals surface area contributed by atoms with Crippen LogP contribution in [0.3, 0.4) is 0 Å². The third-order valence-electron chi connectivity index (χ3n) is 5.50. The van der Waals surface area contributed by atoms with E-state index < -0.39 is 0 Å². The van der Waals surface area contributed by atoms with Crippen LogP contribution in [0.2, 0.25) is 0 Å². The highest BCUT2D eigenvalue weighted by Crippen LogP contribution is 2.35. The Labute approximate surface area is 209 Å². The summed E-state index contributed by atoms with van der Waals surface area (Å²) in [5.41, 5.74) is 4.63. The number of thioether (sulfide) groups is 1. The number of nitrogens with zero attached hydrogens (tertiary/aromatic N) is 2. The fraction of sp³-hybridized carbons (Fsp3) is 0.222. The van der Waals surface area contributed by atoms with Crippen LogP contribution in [0.4, 0.5) is 5.82 Å². The summed E-state index contributed by atoms with van der Waals surface area (Å²) in [7, 11) is 3.29. The molecule has 0 aliphatic heterocycles. The van der Waals surface area contributed by atoms with E-state index in [1.165, 1.54) is 11.8 Å². The largest absolute Gasteiger partial charge is 0.497 e. The summed E-state index contributed by atoms with van der Waals surface area (Å²) in [6, 6.07) is 19.3. The molecule has 4 aromatic rings. The topological polar surface area (TPSA) is 89.1 Å². The van der Waals surface area contributed by atoms with Gasteiger partial charge in [-0.25, -0.2) is 9.97 Å². The van der Waals surface area contributed by atoms with E-state index in [-0.39, 0.29) is 11.2 Å². The van der Waals surface area contributed by atoms with Crippen LogP contribution in [0.1, 0.15) is 18.9 Å². The van der Waals surface area contributed by atoms with E-state index in [2.05, 4.69) is 15.3 Å². The minimum atomic E-state index is -0.336. The van der Waals surface area contributed by atoms with Crippen molar-refractivity contribution in [3.8, 4) is 34.0 Å². The lowest BCUT2D eigenvalue weighted by molar-refractivity contribution is -0.115. The lowest BCUT2D eigenvalue weighted by atomic mass is 10.0. The SMILES string of the molecule is CCC(Sc1nc(-c2ccc(OC)cc2)c(-c2ccc(OC)cc2)[nH]1)C(=O)Nc1ccc(C)cn1. The van der Waals surface area contributed by atoms with Crippen molar-refractivity contribution in [3.63, 3.8) is 0 Å². The molecule has 8 heteroatoms. The van der Waals surface area contributed by atoms with Gasteiger partial charge in [-0.05, 0) is 73.5 Å². The zero-order valence-electron chi connectivity index (χ0n) is 20.2. The van der Waals surface area contributed by atoms with Crippen LogP contribution in [0.25, 0.3) is 22.5 Å². The van der Waals surface area contributed by atoms with E-state index in [9.17, 15) is 4.79 Å². The van der Waals surface area contributed by atoms with E-state index >= 15 is 0 Å². The Kier molecular flexibility index (Phi) is 7.72. The predicted octanol–water partition coefficient (Wildman–Crippen LogP) is 5.97. The van der Waals surface area contributed by atoms with Crippen molar-refractivity contribution in [1.82, 2.24) is 15.0 Å². The summed E-state index contributed by atoms with van der Waals surface area (Å²) in [5.74, 6) is 1.98. The second-order valence-corrected chi connectivity index (χ2v) is 9.14. The number of nitrogens with one attached hydrogen (secondary N) is 2. The molecule has 1 unspecified atom stereocenters. The summed E-state index contributed by atoms with van der Waals surface area (Å²) in [5, 5.41) is 3.24. The molecular weight excluding hydrogens is 460 g/mol. The number of pyridine rings is 1. The van der Waals surface area contributed by atoms with E-state index in [0.29, 0.717) is 17.4 Å². The van der Waals surface area contributed by atoms with Crippen LogP contribution < -0.4 is 14.8 Å². The number of aromatic nitrogens is 3. The van der Waals surface area contributed by atoms with E-state index in [4.69, 9.17) is 14.5 Å². The minimum Gasteiger partial charge on any atom is -0.497 e. The number of H-pyrrole nitrogens is 1. The van der Waals surface area contributed by atoms with Gasteiger partial charge in [0.05, 0.1) is 30.9 Å². The van der Waals surface area contributed by atoms with Crippen LogP contribution >= 0.6 is 11.8 Å². The number of hydrogen-bond acceptors (Lipinski definition) is 6. The molecule has 2 aromatic carbocycles. The van der Waals surface area contributed by atoms with Gasteiger partial charge in [-0.3, -0.25) is 4.79 Å². The first-order valence-electron chi connectivity index (χ1n) is 11.3. The molecule has 2 N–H and O–H groups in total. The standard InChI is InChI=1S/C27H28N4O3S/c1-5-22(26(32)29-23-15-6-17(2)16-28-23)35-27-30-24(18-7-11-20(33-3)12-8-18)25(31-27)19-9-13-21(34-4)14-10-19/h6-16,22H,5H2,1-4H3,(H,30,31)(H,28,29,32). The first-order chi connectivity index (χ1) is 17.0. The molecule has 180 valence electrons. The fourth-order valence-corrected chi connectivity index (χ4v) is 4.44. The molecule has 35 heavy (non-hydrogen) atoms. The Morgan fingerprint density at radius 1 is 0.971 bits per heavy atom. The number of hydrogen-bond donors (Lipinski definition) is 2. The number of carbonyl (C=O) groups is 1. The number of anilines is 1. The maximum absolute atomic E-state index is 13.0. The molecule has 2 aromatic heterocycles. The Morgan fingerprint density at radius 2 is 1.60 bits per heavy atom. The second-order valence-electron chi connectivity index (χ2n) is 7.95. The van der Waals surface area contributed by atoms with Crippen LogP contribution in [0, 0.1) is 6.92 Å². The van der Waals surface area contributed by atoms with Gasteiger partial charge in [0.25, 0.3) is 0 Å². The number of amides is 1. The van der Waals surface area contributed by atoms with Crippen LogP contribution in [0.5, 0.6) is 11.5 Å². The molecule has 2 heterocycles. The molecule has 0 saturated carbocycles. The Morgan fingerprint density at radius 3 is 2.14 bits per heavy atom. The van der Waals surface area contributed by atoms with Gasteiger partial charge in [-0.2, -0.15) is 0 Å². The number of methoxy groups -OCH3 is 2. The molecule has 0 aliphatic carbocycles. The number of benzene rings is 2. The Bertz CT molecular complexity index is 1200. The first kappa shape index (κ1) is 24.3. The van der Waals surface area contributed by atoms with Gasteiger partial charge in [0, 0.05) is 17.3 Å². The lowest BCUT2D eigenvalue weighted by Crippen LogP contribution is -2.25. The zero-order chi connectivity index (χ0) is 24.8. The van der Waals surface area contributed by atoms with Gasteiger partial charge in [-0.1, -0.05) is 24.8 Å². The van der Waals surface area contributed by atoms with Crippen molar-refractivity contribution >= 4 is 23.5 Å². The Balaban J connectivity index is 1.63. The van der Waals surface area contributed by atoms with Gasteiger partial charge < -0.3 is 19.8 Å². The molecule has 4 rings (SSSR count). The minimum absolute atomic E-state index is 0.109. The van der Waals surface area contributed by atoms with Crippen molar-refractivity contribution in [1.29, 1.82) is 0 Å². The summed E-state index contributed by atoms with van der Waals surface area (Å²) in [4.78, 5) is 25.6. The number of rotatable bonds is 9. The molecule has 1 atom stereocenters. The lowest BCUT2D eigenvalue weighted by Gasteiger charge is -2.13. The number of ether oxygens (including phenoxy) is 2. The smallest absolute Gasteiger partial charge is 0.239 e. The maximum atomic E-state index is 13.0. The Hall–Kier alpha value is -3.78. The molecule has 0 bridgehead atoms. The van der Waals surface area contributed by atoms with Crippen LogP contribution in [-0.4, -0.2) is 40.3 Å². The molecular formula is C27H28N4O3S. The number of carbonyl (C=O) groups excluding carboxylic acids is 1. The third-order valence-corrected chi connectivity index (χ3v) is 6.75. The van der Waals surface area contributed by atoms with E-state index in [1.807, 2.05) is 68.4 Å². The number of imidazole rings is 1. The van der Waals surface area contributed by atoms with Crippen molar-refractivity contribution in [3.05, 3.63) is 72.4 Å². The molecule has 0 fully saturated rings. The predicted molar refractivity (Wildman–Crippen MR) is 140 cm³/mol. The first-order valence-corrected chi connectivity index (χ1v) is 12.2. The molecule has 7 nitrogen and oxygen atoms in total. The van der Waals surface area contributed by atoms with Gasteiger partial charge in [-0.15, -0.1) is 0 Å². The fourth-order valence-electron chi connectivity index (χ4n) is 3.54. The number of aryl methyl sites for hydroxylation is 1. The molecule has 0 spiro atoms. The monoisotopic (exact) mass is 488 g/mol. The highest BCUT2D eigenvalue weighted by Gasteiger charge is 2.22. The summed E-state index contributed by atoms with van der Waals surface area (Å²) in [6.45, 7) is 3.94. The highest BCUT2D eigenvalue weighted by atomic mass is 32.2. The molecule has 0 saturated heterocycles. The molecule has 0 radical (unpaired) electrons. The van der Waals surface area contributed by atoms with E-state index in [0.717, 1.165) is 39.6 Å². The van der Waals surface area contributed by atoms with E-state index in [1.54, 1.807) is 26.5 Å². The van der Waals surface area contributed by atoms with Crippen molar-refractivity contribution < 1.29 is 14.3 Å². The van der Waals surface area contributed by atoms with Gasteiger partial charge >= 0.3 is 0 Å². The van der Waals surface area contributed by atoms with Gasteiger partial charge in [0.2, 0.25) is 5.91 Å². The highest BCUT2D eigenvalue weighted by molar-refractivity contribution is 8.00. The summed E-state index contributed by atoms with van der Waals surface area (Å²) >= 11 is 1.40. The molecule has 1 amide bonds. The van der Waals surface area contributed by atoms with Crippen LogP contribution in [-0.2, 0) is 4.79 Å². The van der Waals surface area contributed by atoms with Crippen molar-refractivity contribution in [2.24, 2.45) is 0 Å². The van der Waals surface area contributed by atoms with Gasteiger partial charge in [0.1, 0.15) is 17.3 Å². The second kappa shape index (κ2) is 11.1. The summed E-state index contributed by atoms with van der Waals surface area (Å²) < 4.78 is 10.6. The number of aromatic amines is 1. The third kappa shape index (κ3) is 5.84. The van der Waals surface area contributed by atoms with Crippen LogP contribution in [0.15, 0.2) is 72.0 Å². The van der Waals surface area contributed by atoms with Crippen molar-refractivity contribution in [2.45, 2.75) is 30.7 Å². The average Bonchev–Trinajstić information content (AvgIpc) is 3.32.